The maximum Gasteiger partial charge on any atom is 0.304 e. The first kappa shape index (κ1) is 29.3. The molecule has 0 fully saturated rings. The molecule has 2 amide bonds. The predicted octanol–water partition coefficient (Wildman–Crippen LogP) is 3.64. The second kappa shape index (κ2) is 11.9. The topological polar surface area (TPSA) is 90.0 Å². The molecule has 0 saturated carbocycles. The molecule has 1 unspecified atom stereocenters. The molecule has 0 aliphatic rings. The highest BCUT2D eigenvalue weighted by molar-refractivity contribution is 7.90. The summed E-state index contributed by atoms with van der Waals surface area (Å²) < 4.78 is 29.0. The number of carbonyl (C=O) groups is 2. The van der Waals surface area contributed by atoms with E-state index in [9.17, 15) is 18.0 Å². The van der Waals surface area contributed by atoms with Gasteiger partial charge in [0.1, 0.15) is 12.6 Å². The summed E-state index contributed by atoms with van der Waals surface area (Å²) in [5.74, 6) is -0.732. The molecule has 8 nitrogen and oxygen atoms in total. The molecule has 2 aromatic carbocycles. The lowest BCUT2D eigenvalue weighted by atomic mass is 10.1. The van der Waals surface area contributed by atoms with Gasteiger partial charge in [0.2, 0.25) is 11.8 Å². The molecule has 0 radical (unpaired) electrons. The number of nitrogens with zero attached hydrogens (tertiary/aromatic N) is 3. The van der Waals surface area contributed by atoms with Crippen LogP contribution in [0, 0.1) is 13.8 Å². The van der Waals surface area contributed by atoms with E-state index in [0.717, 1.165) is 25.3 Å². The molecule has 198 valence electrons. The quantitative estimate of drug-likeness (QED) is 0.522. The average molecular weight is 517 g/mol. The van der Waals surface area contributed by atoms with E-state index in [2.05, 4.69) is 5.32 Å². The van der Waals surface area contributed by atoms with Crippen LogP contribution in [-0.2, 0) is 26.3 Å². The summed E-state index contributed by atoms with van der Waals surface area (Å²) in [7, 11) is -1.12. The Bertz CT molecular complexity index is 1160. The highest BCUT2D eigenvalue weighted by Gasteiger charge is 2.35. The molecule has 0 saturated heterocycles. The van der Waals surface area contributed by atoms with Crippen LogP contribution in [0.2, 0.25) is 0 Å². The van der Waals surface area contributed by atoms with Gasteiger partial charge in [0, 0.05) is 26.2 Å². The van der Waals surface area contributed by atoms with Crippen LogP contribution in [0.3, 0.4) is 0 Å². The standard InChI is InChI=1S/C27H40N4O4S/c1-9-23(26(33)28-27(4,5)6)30(18-22-13-11-10-12-14-22)25(32)19-31(36(34,35)29(7)8)24-17-20(2)15-16-21(24)3/h10-17,23H,9,18-19H2,1-8H3,(H,28,33). The summed E-state index contributed by atoms with van der Waals surface area (Å²) >= 11 is 0. The van der Waals surface area contributed by atoms with Gasteiger partial charge in [-0.3, -0.25) is 9.59 Å². The summed E-state index contributed by atoms with van der Waals surface area (Å²) in [6.45, 7) is 10.9. The second-order valence-corrected chi connectivity index (χ2v) is 12.3. The van der Waals surface area contributed by atoms with Gasteiger partial charge in [0.15, 0.2) is 0 Å². The van der Waals surface area contributed by atoms with Crippen molar-refractivity contribution in [1.29, 1.82) is 0 Å². The van der Waals surface area contributed by atoms with Crippen molar-refractivity contribution in [3.8, 4) is 0 Å². The van der Waals surface area contributed by atoms with Crippen molar-refractivity contribution >= 4 is 27.7 Å². The molecule has 36 heavy (non-hydrogen) atoms. The zero-order valence-electron chi connectivity index (χ0n) is 22.7. The van der Waals surface area contributed by atoms with Crippen LogP contribution < -0.4 is 9.62 Å². The van der Waals surface area contributed by atoms with E-state index < -0.39 is 34.2 Å². The molecule has 1 atom stereocenters. The van der Waals surface area contributed by atoms with Crippen molar-refractivity contribution in [2.75, 3.05) is 24.9 Å². The van der Waals surface area contributed by atoms with Crippen LogP contribution in [0.4, 0.5) is 5.69 Å². The van der Waals surface area contributed by atoms with Crippen LogP contribution in [0.25, 0.3) is 0 Å². The minimum atomic E-state index is -4.00. The van der Waals surface area contributed by atoms with Crippen molar-refractivity contribution in [2.24, 2.45) is 0 Å². The van der Waals surface area contributed by atoms with Gasteiger partial charge in [-0.1, -0.05) is 49.4 Å². The summed E-state index contributed by atoms with van der Waals surface area (Å²) in [6, 6.07) is 14.1. The molecule has 1 N–H and O–H groups in total. The Balaban J connectivity index is 2.55. The van der Waals surface area contributed by atoms with E-state index in [1.165, 1.54) is 19.0 Å². The summed E-state index contributed by atoms with van der Waals surface area (Å²) in [6.07, 6.45) is 0.379. The third-order valence-electron chi connectivity index (χ3n) is 5.73. The Morgan fingerprint density at radius 3 is 2.14 bits per heavy atom. The number of nitrogens with one attached hydrogen (secondary N) is 1. The highest BCUT2D eigenvalue weighted by Crippen LogP contribution is 2.26. The first-order valence-corrected chi connectivity index (χ1v) is 13.5. The SMILES string of the molecule is CCC(C(=O)NC(C)(C)C)N(Cc1ccccc1)C(=O)CN(c1cc(C)ccc1C)S(=O)(=O)N(C)C. The van der Waals surface area contributed by atoms with Crippen LogP contribution in [0.5, 0.6) is 0 Å². The number of amides is 2. The van der Waals surface area contributed by atoms with Gasteiger partial charge in [-0.25, -0.2) is 4.31 Å². The zero-order chi connectivity index (χ0) is 27.3. The minimum absolute atomic E-state index is 0.179. The smallest absolute Gasteiger partial charge is 0.304 e. The molecular formula is C27H40N4O4S. The lowest BCUT2D eigenvalue weighted by Gasteiger charge is -2.35. The van der Waals surface area contributed by atoms with Gasteiger partial charge in [-0.05, 0) is 63.8 Å². The fraction of sp³-hybridized carbons (Fsp3) is 0.481. The molecule has 0 bridgehead atoms. The van der Waals surface area contributed by atoms with Crippen LogP contribution in [0.15, 0.2) is 48.5 Å². The average Bonchev–Trinajstić information content (AvgIpc) is 2.78. The normalized spacial score (nSPS) is 12.8. The Kier molecular flexibility index (Phi) is 9.68. The molecule has 0 spiro atoms. The molecule has 2 rings (SSSR count). The van der Waals surface area contributed by atoms with Gasteiger partial charge in [-0.2, -0.15) is 12.7 Å². The lowest BCUT2D eigenvalue weighted by molar-refractivity contribution is -0.141. The molecule has 0 aromatic heterocycles. The molecule has 9 heteroatoms. The fourth-order valence-electron chi connectivity index (χ4n) is 3.84. The Hall–Kier alpha value is -2.91. The molecule has 0 aliphatic heterocycles. The van der Waals surface area contributed by atoms with Crippen molar-refractivity contribution in [1.82, 2.24) is 14.5 Å². The first-order valence-electron chi connectivity index (χ1n) is 12.1. The maximum absolute atomic E-state index is 13.9. The number of rotatable bonds is 10. The van der Waals surface area contributed by atoms with Crippen molar-refractivity contribution in [3.63, 3.8) is 0 Å². The van der Waals surface area contributed by atoms with Gasteiger partial charge >= 0.3 is 10.2 Å². The molecule has 0 aliphatic carbocycles. The second-order valence-electron chi connectivity index (χ2n) is 10.3. The van der Waals surface area contributed by atoms with Crippen molar-refractivity contribution in [3.05, 3.63) is 65.2 Å². The van der Waals surface area contributed by atoms with Gasteiger partial charge in [-0.15, -0.1) is 0 Å². The van der Waals surface area contributed by atoms with E-state index >= 15 is 0 Å². The number of carbonyl (C=O) groups excluding carboxylic acids is 2. The first-order chi connectivity index (χ1) is 16.7. The largest absolute Gasteiger partial charge is 0.350 e. The third-order valence-corrected chi connectivity index (χ3v) is 7.54. The number of aryl methyl sites for hydroxylation is 2. The third kappa shape index (κ3) is 7.54. The highest BCUT2D eigenvalue weighted by atomic mass is 32.2. The fourth-order valence-corrected chi connectivity index (χ4v) is 4.96. The summed E-state index contributed by atoms with van der Waals surface area (Å²) in [4.78, 5) is 28.6. The van der Waals surface area contributed by atoms with Gasteiger partial charge in [0.05, 0.1) is 5.69 Å². The lowest BCUT2D eigenvalue weighted by Crippen LogP contribution is -2.55. The Morgan fingerprint density at radius 1 is 1.00 bits per heavy atom. The van der Waals surface area contributed by atoms with Gasteiger partial charge in [0.25, 0.3) is 0 Å². The van der Waals surface area contributed by atoms with E-state index in [-0.39, 0.29) is 12.5 Å². The molecule has 0 heterocycles. The van der Waals surface area contributed by atoms with E-state index in [1.807, 2.05) is 84.0 Å². The van der Waals surface area contributed by atoms with Gasteiger partial charge < -0.3 is 10.2 Å². The van der Waals surface area contributed by atoms with E-state index in [0.29, 0.717) is 12.1 Å². The number of hydrogen-bond acceptors (Lipinski definition) is 4. The van der Waals surface area contributed by atoms with Crippen molar-refractivity contribution in [2.45, 2.75) is 66.1 Å². The van der Waals surface area contributed by atoms with Crippen molar-refractivity contribution < 1.29 is 18.0 Å². The number of benzene rings is 2. The van der Waals surface area contributed by atoms with Crippen LogP contribution in [-0.4, -0.2) is 61.7 Å². The summed E-state index contributed by atoms with van der Waals surface area (Å²) in [5.41, 5.74) is 2.40. The number of anilines is 1. The number of hydrogen-bond donors (Lipinski definition) is 1. The minimum Gasteiger partial charge on any atom is -0.350 e. The predicted molar refractivity (Wildman–Crippen MR) is 145 cm³/mol. The molecule has 2 aromatic rings. The zero-order valence-corrected chi connectivity index (χ0v) is 23.5. The van der Waals surface area contributed by atoms with Crippen LogP contribution >= 0.6 is 0 Å². The summed E-state index contributed by atoms with van der Waals surface area (Å²) in [5, 5.41) is 2.97. The van der Waals surface area contributed by atoms with E-state index in [4.69, 9.17) is 0 Å². The molecular weight excluding hydrogens is 476 g/mol. The Morgan fingerprint density at radius 2 is 1.61 bits per heavy atom. The van der Waals surface area contributed by atoms with Crippen LogP contribution in [0.1, 0.15) is 50.8 Å². The Labute approximate surface area is 216 Å². The van der Waals surface area contributed by atoms with E-state index in [1.54, 1.807) is 6.07 Å². The monoisotopic (exact) mass is 516 g/mol. The maximum atomic E-state index is 13.9.